The second-order valence-electron chi connectivity index (χ2n) is 9.97. The van der Waals surface area contributed by atoms with Gasteiger partial charge in [-0.3, -0.25) is 9.67 Å². The van der Waals surface area contributed by atoms with Gasteiger partial charge in [0, 0.05) is 37.7 Å². The van der Waals surface area contributed by atoms with E-state index < -0.39 is 0 Å². The molecule has 190 valence electrons. The molecule has 4 heterocycles. The predicted octanol–water partition coefficient (Wildman–Crippen LogP) is 2.66. The van der Waals surface area contributed by atoms with Crippen molar-refractivity contribution < 1.29 is 19.0 Å². The number of anilines is 1. The van der Waals surface area contributed by atoms with Crippen LogP contribution in [0.5, 0.6) is 0 Å². The minimum absolute atomic E-state index is 0.0404. The molecule has 4 unspecified atom stereocenters. The van der Waals surface area contributed by atoms with Crippen molar-refractivity contribution in [3.8, 4) is 0 Å². The van der Waals surface area contributed by atoms with E-state index in [0.717, 1.165) is 66.8 Å². The molecule has 35 heavy (non-hydrogen) atoms. The first kappa shape index (κ1) is 23.8. The van der Waals surface area contributed by atoms with Gasteiger partial charge in [-0.1, -0.05) is 0 Å². The Hall–Kier alpha value is -2.92. The number of rotatable bonds is 7. The smallest absolute Gasteiger partial charge is 0.407 e. The SMILES string of the molecule is CC(C)NC(=O)OC1CCC(C2CC(Nc3cncc4c(COC5CCOC5)nn(C)c34)=NN2)C1. The molecule has 5 rings (SSSR count). The second kappa shape index (κ2) is 10.4. The number of alkyl carbamates (subject to hydrolysis) is 1. The Morgan fingerprint density at radius 3 is 2.97 bits per heavy atom. The first-order chi connectivity index (χ1) is 17.0. The monoisotopic (exact) mass is 485 g/mol. The van der Waals surface area contributed by atoms with Crippen molar-refractivity contribution in [2.75, 3.05) is 18.5 Å². The lowest BCUT2D eigenvalue weighted by Gasteiger charge is -2.19. The summed E-state index contributed by atoms with van der Waals surface area (Å²) in [6.45, 7) is 5.68. The van der Waals surface area contributed by atoms with Gasteiger partial charge in [-0.15, -0.1) is 0 Å². The summed E-state index contributed by atoms with van der Waals surface area (Å²) in [4.78, 5) is 16.4. The standard InChI is InChI=1S/C24H35N7O4/c1-14(2)26-24(32)35-16-5-4-15(8-16)19-9-22(29-28-19)27-20-11-25-10-18-21(30-31(3)23(18)20)13-34-17-6-7-33-12-17/h10-11,14-17,19,28H,4-9,12-13H2,1-3H3,(H,26,32)(H,27,29). The molecular formula is C24H35N7O4. The Labute approximate surface area is 205 Å². The molecule has 3 aliphatic rings. The van der Waals surface area contributed by atoms with Crippen molar-refractivity contribution in [3.05, 3.63) is 18.1 Å². The third-order valence-electron chi connectivity index (χ3n) is 6.90. The average Bonchev–Trinajstić information content (AvgIpc) is 3.60. The molecule has 0 aromatic carbocycles. The van der Waals surface area contributed by atoms with Gasteiger partial charge < -0.3 is 30.3 Å². The highest BCUT2D eigenvalue weighted by atomic mass is 16.6. The number of amidine groups is 1. The highest BCUT2D eigenvalue weighted by Crippen LogP contribution is 2.33. The van der Waals surface area contributed by atoms with E-state index in [9.17, 15) is 4.79 Å². The summed E-state index contributed by atoms with van der Waals surface area (Å²) in [6.07, 6.45) is 7.84. The van der Waals surface area contributed by atoms with Crippen LogP contribution in [0.3, 0.4) is 0 Å². The molecule has 1 amide bonds. The number of hydrogen-bond donors (Lipinski definition) is 3. The summed E-state index contributed by atoms with van der Waals surface area (Å²) in [5, 5.41) is 16.5. The Balaban J connectivity index is 1.18. The number of pyridine rings is 1. The van der Waals surface area contributed by atoms with Crippen molar-refractivity contribution in [2.24, 2.45) is 18.1 Å². The maximum atomic E-state index is 11.9. The van der Waals surface area contributed by atoms with E-state index in [4.69, 9.17) is 14.2 Å². The number of hydrogen-bond acceptors (Lipinski definition) is 9. The van der Waals surface area contributed by atoms with E-state index in [-0.39, 0.29) is 30.4 Å². The molecule has 4 atom stereocenters. The van der Waals surface area contributed by atoms with Gasteiger partial charge in [0.05, 0.1) is 48.5 Å². The molecule has 11 nitrogen and oxygen atoms in total. The second-order valence-corrected chi connectivity index (χ2v) is 9.97. The van der Waals surface area contributed by atoms with Gasteiger partial charge in [-0.05, 0) is 45.4 Å². The molecule has 3 N–H and O–H groups in total. The van der Waals surface area contributed by atoms with E-state index in [1.807, 2.05) is 38.0 Å². The summed E-state index contributed by atoms with van der Waals surface area (Å²) >= 11 is 0. The first-order valence-electron chi connectivity index (χ1n) is 12.5. The largest absolute Gasteiger partial charge is 0.446 e. The maximum absolute atomic E-state index is 11.9. The normalized spacial score (nSPS) is 26.2. The number of hydrazone groups is 1. The number of fused-ring (bicyclic) bond motifs is 1. The maximum Gasteiger partial charge on any atom is 0.407 e. The topological polar surface area (TPSA) is 124 Å². The van der Waals surface area contributed by atoms with Crippen LogP contribution in [0.15, 0.2) is 17.5 Å². The van der Waals surface area contributed by atoms with Gasteiger partial charge in [0.15, 0.2) is 0 Å². The molecule has 1 aliphatic carbocycles. The van der Waals surface area contributed by atoms with Crippen LogP contribution in [0, 0.1) is 5.92 Å². The van der Waals surface area contributed by atoms with Gasteiger partial charge >= 0.3 is 6.09 Å². The van der Waals surface area contributed by atoms with Crippen molar-refractivity contribution in [1.29, 1.82) is 0 Å². The van der Waals surface area contributed by atoms with Gasteiger partial charge in [-0.25, -0.2) is 4.79 Å². The fraction of sp³-hybridized carbons (Fsp3) is 0.667. The van der Waals surface area contributed by atoms with Crippen LogP contribution < -0.4 is 16.1 Å². The zero-order valence-electron chi connectivity index (χ0n) is 20.6. The van der Waals surface area contributed by atoms with E-state index in [0.29, 0.717) is 19.1 Å². The molecule has 2 fully saturated rings. The van der Waals surface area contributed by atoms with E-state index in [1.165, 1.54) is 0 Å². The lowest BCUT2D eigenvalue weighted by molar-refractivity contribution is 0.0304. The van der Waals surface area contributed by atoms with Gasteiger partial charge in [0.1, 0.15) is 11.9 Å². The molecule has 0 bridgehead atoms. The molecule has 0 spiro atoms. The molecular weight excluding hydrogens is 450 g/mol. The van der Waals surface area contributed by atoms with Crippen LogP contribution in [-0.2, 0) is 27.9 Å². The number of nitrogens with zero attached hydrogens (tertiary/aromatic N) is 4. The highest BCUT2D eigenvalue weighted by molar-refractivity contribution is 6.03. The zero-order valence-corrected chi connectivity index (χ0v) is 20.6. The molecule has 1 saturated carbocycles. The lowest BCUT2D eigenvalue weighted by atomic mass is 9.96. The first-order valence-corrected chi connectivity index (χ1v) is 12.5. The van der Waals surface area contributed by atoms with Crippen LogP contribution in [0.2, 0.25) is 0 Å². The molecule has 11 heteroatoms. The summed E-state index contributed by atoms with van der Waals surface area (Å²) in [7, 11) is 1.93. The van der Waals surface area contributed by atoms with E-state index in [1.54, 1.807) is 0 Å². The number of nitrogens with one attached hydrogen (secondary N) is 3. The Morgan fingerprint density at radius 2 is 2.17 bits per heavy atom. The zero-order chi connectivity index (χ0) is 24.4. The third kappa shape index (κ3) is 5.51. The summed E-state index contributed by atoms with van der Waals surface area (Å²) in [5.41, 5.74) is 6.00. The molecule has 2 aromatic heterocycles. The van der Waals surface area contributed by atoms with Gasteiger partial charge in [0.25, 0.3) is 0 Å². The quantitative estimate of drug-likeness (QED) is 0.547. The van der Waals surface area contributed by atoms with Gasteiger partial charge in [-0.2, -0.15) is 10.2 Å². The molecule has 2 aliphatic heterocycles. The van der Waals surface area contributed by atoms with E-state index >= 15 is 0 Å². The van der Waals surface area contributed by atoms with Crippen molar-refractivity contribution in [2.45, 2.75) is 76.9 Å². The summed E-state index contributed by atoms with van der Waals surface area (Å²) in [5.74, 6) is 1.28. The summed E-state index contributed by atoms with van der Waals surface area (Å²) in [6, 6.07) is 0.289. The van der Waals surface area contributed by atoms with Crippen molar-refractivity contribution in [3.63, 3.8) is 0 Å². The van der Waals surface area contributed by atoms with E-state index in [2.05, 4.69) is 31.2 Å². The van der Waals surface area contributed by atoms with Crippen molar-refractivity contribution in [1.82, 2.24) is 25.5 Å². The average molecular weight is 486 g/mol. The Kier molecular flexibility index (Phi) is 7.05. The minimum atomic E-state index is -0.332. The summed E-state index contributed by atoms with van der Waals surface area (Å²) < 4.78 is 18.8. The van der Waals surface area contributed by atoms with Crippen molar-refractivity contribution >= 4 is 28.5 Å². The Bertz CT molecular complexity index is 1080. The minimum Gasteiger partial charge on any atom is -0.446 e. The molecule has 2 aromatic rings. The van der Waals surface area contributed by atoms with Crippen LogP contribution in [0.4, 0.5) is 10.5 Å². The lowest BCUT2D eigenvalue weighted by Crippen LogP contribution is -2.34. The Morgan fingerprint density at radius 1 is 1.29 bits per heavy atom. The molecule has 0 radical (unpaired) electrons. The number of aromatic nitrogens is 3. The predicted molar refractivity (Wildman–Crippen MR) is 131 cm³/mol. The molecule has 1 saturated heterocycles. The van der Waals surface area contributed by atoms with Crippen LogP contribution in [0.25, 0.3) is 10.9 Å². The third-order valence-corrected chi connectivity index (χ3v) is 6.90. The fourth-order valence-electron chi connectivity index (χ4n) is 5.17. The number of amides is 1. The number of carbonyl (C=O) groups is 1. The number of ether oxygens (including phenoxy) is 3. The van der Waals surface area contributed by atoms with Gasteiger partial charge in [0.2, 0.25) is 0 Å². The van der Waals surface area contributed by atoms with Crippen LogP contribution in [-0.4, -0.2) is 64.2 Å². The number of aryl methyl sites for hydroxylation is 1. The van der Waals surface area contributed by atoms with Crippen LogP contribution >= 0.6 is 0 Å². The fourth-order valence-corrected chi connectivity index (χ4v) is 5.17. The number of carbonyl (C=O) groups excluding carboxylic acids is 1. The van der Waals surface area contributed by atoms with Crippen LogP contribution in [0.1, 0.15) is 51.6 Å². The highest BCUT2D eigenvalue weighted by Gasteiger charge is 2.35.